The van der Waals surface area contributed by atoms with E-state index in [2.05, 4.69) is 31.3 Å². The number of nitrogens with zero attached hydrogens (tertiary/aromatic N) is 3. The van der Waals surface area contributed by atoms with Gasteiger partial charge in [0.2, 0.25) is 0 Å². The van der Waals surface area contributed by atoms with Crippen LogP contribution in [0, 0.1) is 0 Å². The summed E-state index contributed by atoms with van der Waals surface area (Å²) < 4.78 is 1.65. The largest absolute Gasteiger partial charge is 0.361 e. The maximum absolute atomic E-state index is 14.5. The topological polar surface area (TPSA) is 108 Å². The van der Waals surface area contributed by atoms with Gasteiger partial charge in [0.25, 0.3) is 5.56 Å². The van der Waals surface area contributed by atoms with E-state index in [9.17, 15) is 9.59 Å². The van der Waals surface area contributed by atoms with Crippen LogP contribution in [0.2, 0.25) is 5.02 Å². The lowest BCUT2D eigenvalue weighted by Gasteiger charge is -2.24. The van der Waals surface area contributed by atoms with Crippen LogP contribution in [0.5, 0.6) is 0 Å². The van der Waals surface area contributed by atoms with Crippen LogP contribution in [0.15, 0.2) is 107 Å². The van der Waals surface area contributed by atoms with Gasteiger partial charge in [-0.1, -0.05) is 54.1 Å². The number of halogens is 1. The molecule has 0 radical (unpaired) electrons. The van der Waals surface area contributed by atoms with Crippen LogP contribution in [-0.4, -0.2) is 24.5 Å². The molecule has 4 aromatic heterocycles. The summed E-state index contributed by atoms with van der Waals surface area (Å²) in [6.45, 7) is 1.89. The number of anilines is 1. The number of hydrogen-bond acceptors (Lipinski definition) is 5. The highest BCUT2D eigenvalue weighted by atomic mass is 35.5. The second kappa shape index (κ2) is 9.76. The summed E-state index contributed by atoms with van der Waals surface area (Å²) >= 11 is 7.21. The standard InChI is InChI=1S/C32H23ClN6O2/c1-18(38-31-27-25(40)13-15-35-30(27)36-17-37-31)29-28(33)23-9-5-8-22(19-10-11-24-20(16-19)12-14-34-24)26(23)32(41)39(29)21-6-3-2-4-7-21/h2-18,34H,1H3,(H2,35,36,37,38,40)/t18-/m0/s1. The van der Waals surface area contributed by atoms with Crippen molar-refractivity contribution in [2.75, 3.05) is 5.32 Å². The molecule has 7 rings (SSSR count). The molecule has 0 unspecified atom stereocenters. The van der Waals surface area contributed by atoms with Gasteiger partial charge >= 0.3 is 0 Å². The zero-order valence-corrected chi connectivity index (χ0v) is 22.6. The fourth-order valence-corrected chi connectivity index (χ4v) is 5.90. The summed E-state index contributed by atoms with van der Waals surface area (Å²) in [5.74, 6) is 0.348. The van der Waals surface area contributed by atoms with E-state index in [1.54, 1.807) is 10.8 Å². The molecule has 0 spiro atoms. The molecular weight excluding hydrogens is 536 g/mol. The third kappa shape index (κ3) is 4.08. The van der Waals surface area contributed by atoms with Crippen LogP contribution in [-0.2, 0) is 0 Å². The number of benzene rings is 3. The van der Waals surface area contributed by atoms with E-state index < -0.39 is 6.04 Å². The van der Waals surface area contributed by atoms with Crippen molar-refractivity contribution >= 4 is 50.1 Å². The number of nitrogens with one attached hydrogen (secondary N) is 3. The van der Waals surface area contributed by atoms with Gasteiger partial charge in [0, 0.05) is 35.1 Å². The number of rotatable bonds is 5. The molecule has 4 heterocycles. The van der Waals surface area contributed by atoms with Gasteiger partial charge in [-0.15, -0.1) is 0 Å². The minimum absolute atomic E-state index is 0.200. The Morgan fingerprint density at radius 1 is 0.878 bits per heavy atom. The predicted octanol–water partition coefficient (Wildman–Crippen LogP) is 6.60. The molecule has 41 heavy (non-hydrogen) atoms. The summed E-state index contributed by atoms with van der Waals surface area (Å²) in [5, 5.41) is 6.31. The van der Waals surface area contributed by atoms with Crippen molar-refractivity contribution in [3.05, 3.63) is 129 Å². The smallest absolute Gasteiger partial charge is 0.263 e. The molecule has 3 aromatic carbocycles. The van der Waals surface area contributed by atoms with Gasteiger partial charge in [0.15, 0.2) is 5.43 Å². The minimum Gasteiger partial charge on any atom is -0.361 e. The van der Waals surface area contributed by atoms with Crippen LogP contribution >= 0.6 is 11.6 Å². The molecule has 0 aliphatic rings. The van der Waals surface area contributed by atoms with Crippen molar-refractivity contribution < 1.29 is 0 Å². The number of H-pyrrole nitrogens is 2. The molecular formula is C32H23ClN6O2. The van der Waals surface area contributed by atoms with Crippen molar-refractivity contribution in [2.45, 2.75) is 13.0 Å². The molecule has 0 saturated heterocycles. The molecule has 0 aliphatic carbocycles. The van der Waals surface area contributed by atoms with Crippen molar-refractivity contribution in [3.63, 3.8) is 0 Å². The molecule has 0 saturated carbocycles. The van der Waals surface area contributed by atoms with E-state index in [4.69, 9.17) is 11.6 Å². The molecule has 1 atom stereocenters. The van der Waals surface area contributed by atoms with Crippen molar-refractivity contribution in [1.82, 2.24) is 24.5 Å². The highest BCUT2D eigenvalue weighted by Gasteiger charge is 2.24. The Balaban J connectivity index is 1.48. The van der Waals surface area contributed by atoms with Gasteiger partial charge in [-0.3, -0.25) is 14.2 Å². The van der Waals surface area contributed by atoms with Crippen LogP contribution in [0.25, 0.3) is 49.5 Å². The van der Waals surface area contributed by atoms with E-state index in [1.165, 1.54) is 12.4 Å². The molecule has 0 aliphatic heterocycles. The third-order valence-electron chi connectivity index (χ3n) is 7.37. The van der Waals surface area contributed by atoms with E-state index in [0.717, 1.165) is 22.0 Å². The lowest BCUT2D eigenvalue weighted by Crippen LogP contribution is -2.27. The monoisotopic (exact) mass is 558 g/mol. The second-order valence-electron chi connectivity index (χ2n) is 9.84. The van der Waals surface area contributed by atoms with Crippen LogP contribution in [0.4, 0.5) is 5.82 Å². The number of pyridine rings is 2. The van der Waals surface area contributed by atoms with Crippen molar-refractivity contribution in [3.8, 4) is 16.8 Å². The molecule has 200 valence electrons. The van der Waals surface area contributed by atoms with E-state index in [0.29, 0.717) is 44.0 Å². The van der Waals surface area contributed by atoms with E-state index in [-0.39, 0.29) is 11.0 Å². The number of aromatic nitrogens is 5. The fourth-order valence-electron chi connectivity index (χ4n) is 5.49. The van der Waals surface area contributed by atoms with Gasteiger partial charge in [0.1, 0.15) is 23.2 Å². The normalized spacial score (nSPS) is 12.2. The predicted molar refractivity (Wildman–Crippen MR) is 164 cm³/mol. The lowest BCUT2D eigenvalue weighted by molar-refractivity contribution is 0.774. The molecule has 0 amide bonds. The van der Waals surface area contributed by atoms with Gasteiger partial charge in [-0.25, -0.2) is 9.97 Å². The SMILES string of the molecule is C[C@H](Nc1ncnc2[nH]ccc(=O)c12)c1c(Cl)c2cccc(-c3ccc4[nH]ccc4c3)c2c(=O)n1-c1ccccc1. The Morgan fingerprint density at radius 3 is 2.56 bits per heavy atom. The summed E-state index contributed by atoms with van der Waals surface area (Å²) in [5.41, 5.74) is 3.95. The van der Waals surface area contributed by atoms with E-state index >= 15 is 0 Å². The summed E-state index contributed by atoms with van der Waals surface area (Å²) in [7, 11) is 0. The highest BCUT2D eigenvalue weighted by Crippen LogP contribution is 2.37. The number of fused-ring (bicyclic) bond motifs is 3. The molecule has 8 nitrogen and oxygen atoms in total. The second-order valence-corrected chi connectivity index (χ2v) is 10.2. The first kappa shape index (κ1) is 24.8. The highest BCUT2D eigenvalue weighted by molar-refractivity contribution is 6.36. The first-order valence-electron chi connectivity index (χ1n) is 13.1. The number of aromatic amines is 2. The summed E-state index contributed by atoms with van der Waals surface area (Å²) in [4.78, 5) is 42.0. The van der Waals surface area contributed by atoms with Gasteiger partial charge in [-0.05, 0) is 53.8 Å². The Morgan fingerprint density at radius 2 is 1.71 bits per heavy atom. The Hall–Kier alpha value is -5.21. The van der Waals surface area contributed by atoms with Crippen LogP contribution in [0.1, 0.15) is 18.7 Å². The quantitative estimate of drug-likeness (QED) is 0.221. The average molecular weight is 559 g/mol. The first-order valence-corrected chi connectivity index (χ1v) is 13.5. The van der Waals surface area contributed by atoms with Gasteiger partial charge in [0.05, 0.1) is 22.1 Å². The van der Waals surface area contributed by atoms with Gasteiger partial charge in [-0.2, -0.15) is 0 Å². The minimum atomic E-state index is -0.516. The van der Waals surface area contributed by atoms with E-state index in [1.807, 2.05) is 79.9 Å². The van der Waals surface area contributed by atoms with Gasteiger partial charge < -0.3 is 15.3 Å². The first-order chi connectivity index (χ1) is 20.0. The molecule has 7 aromatic rings. The number of hydrogen-bond donors (Lipinski definition) is 3. The summed E-state index contributed by atoms with van der Waals surface area (Å²) in [6.07, 6.45) is 4.82. The molecule has 3 N–H and O–H groups in total. The van der Waals surface area contributed by atoms with Crippen LogP contribution < -0.4 is 16.3 Å². The molecule has 0 bridgehead atoms. The Bertz CT molecular complexity index is 2210. The average Bonchev–Trinajstić information content (AvgIpc) is 3.47. The molecule has 9 heteroatoms. The Kier molecular flexibility index (Phi) is 5.91. The zero-order valence-electron chi connectivity index (χ0n) is 21.9. The van der Waals surface area contributed by atoms with Crippen molar-refractivity contribution in [1.29, 1.82) is 0 Å². The third-order valence-corrected chi connectivity index (χ3v) is 7.77. The zero-order chi connectivity index (χ0) is 28.1. The van der Waals surface area contributed by atoms with Crippen LogP contribution in [0.3, 0.4) is 0 Å². The molecule has 0 fully saturated rings. The summed E-state index contributed by atoms with van der Waals surface area (Å²) in [6, 6.07) is 24.1. The fraction of sp³-hybridized carbons (Fsp3) is 0.0625. The number of para-hydroxylation sites is 1. The Labute approximate surface area is 238 Å². The lowest BCUT2D eigenvalue weighted by atomic mass is 9.97. The van der Waals surface area contributed by atoms with Crippen molar-refractivity contribution in [2.24, 2.45) is 0 Å². The maximum Gasteiger partial charge on any atom is 0.263 e. The maximum atomic E-state index is 14.5.